The molecule has 0 aliphatic rings. The minimum absolute atomic E-state index is 1.33. The van der Waals surface area contributed by atoms with Crippen molar-refractivity contribution in [2.24, 2.45) is 0 Å². The van der Waals surface area contributed by atoms with Crippen molar-refractivity contribution in [3.8, 4) is 0 Å². The van der Waals surface area contributed by atoms with Gasteiger partial charge < -0.3 is 0 Å². The average molecular weight is 455 g/mol. The number of benzene rings is 6. The molecule has 0 aromatic heterocycles. The first-order valence-electron chi connectivity index (χ1n) is 12.5. The van der Waals surface area contributed by atoms with Crippen molar-refractivity contribution in [1.82, 2.24) is 0 Å². The van der Waals surface area contributed by atoms with Gasteiger partial charge in [-0.3, -0.25) is 0 Å². The number of hydrogen-bond donors (Lipinski definition) is 0. The predicted molar refractivity (Wildman–Crippen MR) is 156 cm³/mol. The van der Waals surface area contributed by atoms with E-state index in [1.54, 1.807) is 0 Å². The van der Waals surface area contributed by atoms with Crippen LogP contribution in [0, 0.1) is 48.5 Å². The second kappa shape index (κ2) is 8.86. The molecule has 6 aromatic carbocycles. The highest BCUT2D eigenvalue weighted by molar-refractivity contribution is 6.06. The summed E-state index contributed by atoms with van der Waals surface area (Å²) >= 11 is 0. The normalized spacial score (nSPS) is 11.3. The van der Waals surface area contributed by atoms with Crippen LogP contribution in [0.4, 0.5) is 0 Å². The molecule has 0 aliphatic carbocycles. The maximum atomic E-state index is 2.30. The lowest BCUT2D eigenvalue weighted by atomic mass is 9.91. The molecular formula is C35H34. The van der Waals surface area contributed by atoms with E-state index >= 15 is 0 Å². The van der Waals surface area contributed by atoms with Crippen LogP contribution < -0.4 is 0 Å². The summed E-state index contributed by atoms with van der Waals surface area (Å²) in [5.41, 5.74) is 9.57. The van der Waals surface area contributed by atoms with Gasteiger partial charge in [-0.15, -0.1) is 0 Å². The lowest BCUT2D eigenvalue weighted by molar-refractivity contribution is 1.45. The Morgan fingerprint density at radius 2 is 0.543 bits per heavy atom. The number of fused-ring (bicyclic) bond motifs is 4. The minimum Gasteiger partial charge on any atom is -0.0616 e. The van der Waals surface area contributed by atoms with Gasteiger partial charge in [-0.05, 0) is 114 Å². The van der Waals surface area contributed by atoms with Crippen LogP contribution in [-0.2, 0) is 0 Å². The molecule has 35 heavy (non-hydrogen) atoms. The molecule has 0 heterocycles. The molecule has 0 heteroatoms. The molecule has 6 aromatic rings. The Labute approximate surface area is 209 Å². The molecule has 0 N–H and O–H groups in total. The van der Waals surface area contributed by atoms with Crippen molar-refractivity contribution in [2.45, 2.75) is 48.5 Å². The van der Waals surface area contributed by atoms with Gasteiger partial charge in [-0.1, -0.05) is 95.6 Å². The maximum absolute atomic E-state index is 2.30. The Morgan fingerprint density at radius 1 is 0.286 bits per heavy atom. The average Bonchev–Trinajstić information content (AvgIpc) is 2.86. The fourth-order valence-corrected chi connectivity index (χ4v) is 5.60. The summed E-state index contributed by atoms with van der Waals surface area (Å²) in [6, 6.07) is 29.0. The van der Waals surface area contributed by atoms with Gasteiger partial charge >= 0.3 is 0 Å². The van der Waals surface area contributed by atoms with Crippen molar-refractivity contribution in [1.29, 1.82) is 0 Å². The third-order valence-corrected chi connectivity index (χ3v) is 7.68. The van der Waals surface area contributed by atoms with E-state index in [-0.39, 0.29) is 0 Å². The van der Waals surface area contributed by atoms with E-state index in [1.807, 2.05) is 0 Å². The second-order valence-electron chi connectivity index (χ2n) is 10.2. The van der Waals surface area contributed by atoms with E-state index in [4.69, 9.17) is 0 Å². The van der Waals surface area contributed by atoms with E-state index in [2.05, 4.69) is 127 Å². The number of aryl methyl sites for hydroxylation is 7. The Kier molecular flexibility index (Phi) is 5.85. The number of hydrogen-bond acceptors (Lipinski definition) is 0. The molecule has 0 atom stereocenters. The predicted octanol–water partition coefficient (Wildman–Crippen LogP) is 10.1. The van der Waals surface area contributed by atoms with Gasteiger partial charge in [0.25, 0.3) is 0 Å². The molecule has 0 nitrogen and oxygen atoms in total. The first-order valence-corrected chi connectivity index (χ1v) is 12.5. The molecule has 0 bridgehead atoms. The third kappa shape index (κ3) is 3.98. The number of rotatable bonds is 0. The molecule has 0 aliphatic heterocycles. The lowest BCUT2D eigenvalue weighted by Crippen LogP contribution is -1.89. The summed E-state index contributed by atoms with van der Waals surface area (Å²) in [7, 11) is 0. The first-order chi connectivity index (χ1) is 16.8. The quantitative estimate of drug-likeness (QED) is 0.200. The van der Waals surface area contributed by atoms with Crippen LogP contribution in [0.3, 0.4) is 0 Å². The second-order valence-corrected chi connectivity index (χ2v) is 10.2. The van der Waals surface area contributed by atoms with Crippen molar-refractivity contribution >= 4 is 43.1 Å². The summed E-state index contributed by atoms with van der Waals surface area (Å²) in [6.07, 6.45) is 0. The van der Waals surface area contributed by atoms with Gasteiger partial charge in [0.05, 0.1) is 0 Å². The van der Waals surface area contributed by atoms with Crippen molar-refractivity contribution in [2.75, 3.05) is 0 Å². The fourth-order valence-electron chi connectivity index (χ4n) is 5.60. The Hall–Kier alpha value is -3.64. The highest BCUT2D eigenvalue weighted by Crippen LogP contribution is 2.34. The Balaban J connectivity index is 0.000000145. The minimum atomic E-state index is 1.33. The van der Waals surface area contributed by atoms with Crippen LogP contribution in [0.15, 0.2) is 78.9 Å². The SMILES string of the molecule is Cc1ccc2c(C)c3cc(C)ccc3c(C)c2c1.Cc1ccc2c(C)c3ccccc3c(C)c2c1. The molecule has 0 saturated carbocycles. The van der Waals surface area contributed by atoms with E-state index in [0.717, 1.165) is 0 Å². The lowest BCUT2D eigenvalue weighted by Gasteiger charge is -2.13. The monoisotopic (exact) mass is 454 g/mol. The van der Waals surface area contributed by atoms with Crippen LogP contribution in [0.5, 0.6) is 0 Å². The van der Waals surface area contributed by atoms with Crippen LogP contribution >= 0.6 is 0 Å². The standard InChI is InChI=1S/C18H18.C17H16/c1-11-5-7-15-14(4)18-10-12(2)6-8-16(18)13(3)17(15)9-11;1-11-8-9-16-12(2)14-6-4-5-7-15(14)13(3)17(16)10-11/h5-10H,1-4H3;4-10H,1-3H3. The topological polar surface area (TPSA) is 0 Å². The zero-order valence-electron chi connectivity index (χ0n) is 22.0. The third-order valence-electron chi connectivity index (χ3n) is 7.68. The summed E-state index contributed by atoms with van der Waals surface area (Å²) in [5.74, 6) is 0. The molecule has 0 amide bonds. The van der Waals surface area contributed by atoms with Crippen LogP contribution in [0.1, 0.15) is 38.9 Å². The molecule has 6 rings (SSSR count). The van der Waals surface area contributed by atoms with Crippen molar-refractivity contribution in [3.63, 3.8) is 0 Å². The molecule has 174 valence electrons. The van der Waals surface area contributed by atoms with Crippen molar-refractivity contribution < 1.29 is 0 Å². The van der Waals surface area contributed by atoms with Crippen LogP contribution in [0.25, 0.3) is 43.1 Å². The summed E-state index contributed by atoms with van der Waals surface area (Å²) in [6.45, 7) is 15.4. The van der Waals surface area contributed by atoms with Gasteiger partial charge in [0.1, 0.15) is 0 Å². The molecule has 0 radical (unpaired) electrons. The van der Waals surface area contributed by atoms with Gasteiger partial charge in [-0.25, -0.2) is 0 Å². The van der Waals surface area contributed by atoms with Crippen molar-refractivity contribution in [3.05, 3.63) is 118 Å². The highest BCUT2D eigenvalue weighted by atomic mass is 14.1. The summed E-state index contributed by atoms with van der Waals surface area (Å²) in [4.78, 5) is 0. The zero-order chi connectivity index (χ0) is 24.9. The Bertz CT molecular complexity index is 1680. The van der Waals surface area contributed by atoms with E-state index in [1.165, 1.54) is 82.0 Å². The fraction of sp³-hybridized carbons (Fsp3) is 0.200. The molecule has 0 spiro atoms. The van der Waals surface area contributed by atoms with Gasteiger partial charge in [-0.2, -0.15) is 0 Å². The van der Waals surface area contributed by atoms with Crippen LogP contribution in [-0.4, -0.2) is 0 Å². The molecule has 0 unspecified atom stereocenters. The Morgan fingerprint density at radius 3 is 0.857 bits per heavy atom. The smallest absolute Gasteiger partial charge is 0.0143 e. The van der Waals surface area contributed by atoms with E-state index in [0.29, 0.717) is 0 Å². The largest absolute Gasteiger partial charge is 0.0616 e. The molecule has 0 fully saturated rings. The summed E-state index contributed by atoms with van der Waals surface area (Å²) < 4.78 is 0. The molecular weight excluding hydrogens is 420 g/mol. The van der Waals surface area contributed by atoms with E-state index < -0.39 is 0 Å². The summed E-state index contributed by atoms with van der Waals surface area (Å²) in [5, 5.41) is 11.1. The maximum Gasteiger partial charge on any atom is -0.0143 e. The molecule has 0 saturated heterocycles. The van der Waals surface area contributed by atoms with Gasteiger partial charge in [0.2, 0.25) is 0 Å². The van der Waals surface area contributed by atoms with Gasteiger partial charge in [0.15, 0.2) is 0 Å². The zero-order valence-corrected chi connectivity index (χ0v) is 22.0. The van der Waals surface area contributed by atoms with Crippen LogP contribution in [0.2, 0.25) is 0 Å². The first kappa shape index (κ1) is 23.1. The van der Waals surface area contributed by atoms with Gasteiger partial charge in [0, 0.05) is 0 Å². The van der Waals surface area contributed by atoms with E-state index in [9.17, 15) is 0 Å². The highest BCUT2D eigenvalue weighted by Gasteiger charge is 2.09.